The van der Waals surface area contributed by atoms with Gasteiger partial charge in [-0.2, -0.15) is 0 Å². The summed E-state index contributed by atoms with van der Waals surface area (Å²) in [5, 5.41) is 4.65. The lowest BCUT2D eigenvalue weighted by molar-refractivity contribution is -0.0334. The number of hydrogen-bond acceptors (Lipinski definition) is 5. The Balaban J connectivity index is 1.53. The molecule has 2 fully saturated rings. The Morgan fingerprint density at radius 3 is 2.88 bits per heavy atom. The van der Waals surface area contributed by atoms with Gasteiger partial charge in [0, 0.05) is 63.1 Å². The summed E-state index contributed by atoms with van der Waals surface area (Å²) < 4.78 is 6.23. The Hall–Kier alpha value is -1.69. The fourth-order valence-corrected chi connectivity index (χ4v) is 3.88. The molecule has 0 radical (unpaired) electrons. The van der Waals surface area contributed by atoms with E-state index >= 15 is 0 Å². The smallest absolute Gasteiger partial charge is 0.0881 e. The average Bonchev–Trinajstić information content (AvgIpc) is 2.61. The van der Waals surface area contributed by atoms with Gasteiger partial charge in [-0.15, -0.1) is 0 Å². The van der Waals surface area contributed by atoms with E-state index in [2.05, 4.69) is 51.3 Å². The fraction of sp³-hybridized carbons (Fsp3) is 0.526. The van der Waals surface area contributed by atoms with Crippen molar-refractivity contribution in [1.82, 2.24) is 15.2 Å². The average molecular weight is 326 g/mol. The van der Waals surface area contributed by atoms with E-state index in [4.69, 9.17) is 4.74 Å². The number of nitrogens with zero attached hydrogens (tertiary/aromatic N) is 3. The summed E-state index contributed by atoms with van der Waals surface area (Å²) in [5.74, 6) is 0. The number of benzene rings is 1. The Bertz CT molecular complexity index is 681. The van der Waals surface area contributed by atoms with Crippen LogP contribution in [0.25, 0.3) is 10.9 Å². The number of morpholine rings is 1. The summed E-state index contributed by atoms with van der Waals surface area (Å²) in [5.41, 5.74) is 2.34. The van der Waals surface area contributed by atoms with Gasteiger partial charge in [0.15, 0.2) is 0 Å². The minimum absolute atomic E-state index is 0.249. The lowest BCUT2D eigenvalue weighted by Gasteiger charge is -2.41. The highest BCUT2D eigenvalue weighted by Crippen LogP contribution is 2.28. The molecule has 0 aliphatic carbocycles. The van der Waals surface area contributed by atoms with Crippen LogP contribution in [-0.2, 0) is 4.74 Å². The van der Waals surface area contributed by atoms with Crippen LogP contribution in [0.1, 0.15) is 6.92 Å². The molecule has 1 aromatic carbocycles. The SMILES string of the molecule is C[C@@H]1CN(c2ccnc3ccccc23)C[C@H](CN2CCNCC2)O1. The second-order valence-corrected chi connectivity index (χ2v) is 6.87. The van der Waals surface area contributed by atoms with Crippen molar-refractivity contribution in [3.05, 3.63) is 36.5 Å². The first-order chi connectivity index (χ1) is 11.8. The van der Waals surface area contributed by atoms with Crippen LogP contribution in [0.5, 0.6) is 0 Å². The van der Waals surface area contributed by atoms with E-state index < -0.39 is 0 Å². The van der Waals surface area contributed by atoms with E-state index in [9.17, 15) is 0 Å². The van der Waals surface area contributed by atoms with Gasteiger partial charge in [0.2, 0.25) is 0 Å². The number of piperazine rings is 1. The van der Waals surface area contributed by atoms with Crippen molar-refractivity contribution in [1.29, 1.82) is 0 Å². The third-order valence-electron chi connectivity index (χ3n) is 4.96. The van der Waals surface area contributed by atoms with Crippen molar-refractivity contribution in [2.24, 2.45) is 0 Å². The number of hydrogen-bond donors (Lipinski definition) is 1. The molecule has 0 amide bonds. The minimum Gasteiger partial charge on any atom is -0.370 e. The Morgan fingerprint density at radius 2 is 2.00 bits per heavy atom. The molecule has 2 aliphatic rings. The largest absolute Gasteiger partial charge is 0.370 e. The summed E-state index contributed by atoms with van der Waals surface area (Å²) in [7, 11) is 0. The molecule has 0 saturated carbocycles. The third-order valence-corrected chi connectivity index (χ3v) is 4.96. The van der Waals surface area contributed by atoms with Crippen LogP contribution in [-0.4, -0.2) is 67.9 Å². The van der Waals surface area contributed by atoms with Crippen LogP contribution < -0.4 is 10.2 Å². The maximum Gasteiger partial charge on any atom is 0.0881 e. The molecule has 1 aromatic heterocycles. The molecule has 3 heterocycles. The highest BCUT2D eigenvalue weighted by atomic mass is 16.5. The molecule has 0 spiro atoms. The third kappa shape index (κ3) is 3.38. The number of rotatable bonds is 3. The molecular formula is C19H26N4O. The first kappa shape index (κ1) is 15.8. The maximum atomic E-state index is 6.23. The van der Waals surface area contributed by atoms with Gasteiger partial charge in [-0.25, -0.2) is 0 Å². The summed E-state index contributed by atoms with van der Waals surface area (Å²) in [6, 6.07) is 10.5. The van der Waals surface area contributed by atoms with Crippen LogP contribution >= 0.6 is 0 Å². The zero-order valence-corrected chi connectivity index (χ0v) is 14.3. The number of fused-ring (bicyclic) bond motifs is 1. The summed E-state index contributed by atoms with van der Waals surface area (Å²) in [4.78, 5) is 9.49. The standard InChI is InChI=1S/C19H26N4O/c1-15-12-23(14-16(24-15)13-22-10-8-20-9-11-22)19-6-7-21-18-5-3-2-4-17(18)19/h2-7,15-16,20H,8-14H2,1H3/t15-,16+/m1/s1. The molecule has 2 aromatic rings. The molecule has 5 heteroatoms. The molecule has 2 atom stereocenters. The predicted octanol–water partition coefficient (Wildman–Crippen LogP) is 1.73. The summed E-state index contributed by atoms with van der Waals surface area (Å²) in [6.45, 7) is 9.49. The van der Waals surface area contributed by atoms with Gasteiger partial charge in [0.05, 0.1) is 17.7 Å². The van der Waals surface area contributed by atoms with Crippen molar-refractivity contribution in [2.75, 3.05) is 50.7 Å². The van der Waals surface area contributed by atoms with E-state index in [1.807, 2.05) is 12.3 Å². The Morgan fingerprint density at radius 1 is 1.17 bits per heavy atom. The van der Waals surface area contributed by atoms with Crippen molar-refractivity contribution in [2.45, 2.75) is 19.1 Å². The highest BCUT2D eigenvalue weighted by Gasteiger charge is 2.28. The van der Waals surface area contributed by atoms with Gasteiger partial charge < -0.3 is 15.0 Å². The van der Waals surface area contributed by atoms with E-state index in [0.29, 0.717) is 0 Å². The molecule has 0 unspecified atom stereocenters. The molecule has 0 bridgehead atoms. The van der Waals surface area contributed by atoms with Gasteiger partial charge in [0.25, 0.3) is 0 Å². The van der Waals surface area contributed by atoms with Crippen molar-refractivity contribution >= 4 is 16.6 Å². The molecule has 1 N–H and O–H groups in total. The predicted molar refractivity (Wildman–Crippen MR) is 97.6 cm³/mol. The lowest BCUT2D eigenvalue weighted by Crippen LogP contribution is -2.53. The van der Waals surface area contributed by atoms with Crippen LogP contribution in [0.3, 0.4) is 0 Å². The first-order valence-electron chi connectivity index (χ1n) is 8.97. The van der Waals surface area contributed by atoms with Gasteiger partial charge in [-0.05, 0) is 19.1 Å². The normalized spacial score (nSPS) is 26.0. The van der Waals surface area contributed by atoms with Crippen LogP contribution in [0.2, 0.25) is 0 Å². The lowest BCUT2D eigenvalue weighted by atomic mass is 10.1. The van der Waals surface area contributed by atoms with Gasteiger partial charge in [-0.3, -0.25) is 9.88 Å². The molecule has 4 rings (SSSR count). The first-order valence-corrected chi connectivity index (χ1v) is 8.97. The van der Waals surface area contributed by atoms with Gasteiger partial charge >= 0.3 is 0 Å². The van der Waals surface area contributed by atoms with E-state index in [1.54, 1.807) is 0 Å². The minimum atomic E-state index is 0.249. The number of anilines is 1. The zero-order valence-electron chi connectivity index (χ0n) is 14.3. The molecule has 24 heavy (non-hydrogen) atoms. The molecule has 5 nitrogen and oxygen atoms in total. The Kier molecular flexibility index (Phi) is 4.65. The number of para-hydroxylation sites is 1. The van der Waals surface area contributed by atoms with Gasteiger partial charge in [0.1, 0.15) is 0 Å². The number of nitrogens with one attached hydrogen (secondary N) is 1. The van der Waals surface area contributed by atoms with E-state index in [-0.39, 0.29) is 12.2 Å². The van der Waals surface area contributed by atoms with Crippen LogP contribution in [0, 0.1) is 0 Å². The molecule has 2 aliphatic heterocycles. The molecule has 128 valence electrons. The monoisotopic (exact) mass is 326 g/mol. The maximum absolute atomic E-state index is 6.23. The second-order valence-electron chi connectivity index (χ2n) is 6.87. The van der Waals surface area contributed by atoms with Crippen molar-refractivity contribution in [3.63, 3.8) is 0 Å². The number of ether oxygens (including phenoxy) is 1. The summed E-state index contributed by atoms with van der Waals surface area (Å²) in [6.07, 6.45) is 2.43. The molecular weight excluding hydrogens is 300 g/mol. The second kappa shape index (κ2) is 7.05. The van der Waals surface area contributed by atoms with E-state index in [0.717, 1.165) is 51.3 Å². The Labute approximate surface area is 143 Å². The highest BCUT2D eigenvalue weighted by molar-refractivity contribution is 5.91. The van der Waals surface area contributed by atoms with Gasteiger partial charge in [-0.1, -0.05) is 18.2 Å². The summed E-state index contributed by atoms with van der Waals surface area (Å²) >= 11 is 0. The fourth-order valence-electron chi connectivity index (χ4n) is 3.88. The van der Waals surface area contributed by atoms with Crippen molar-refractivity contribution in [3.8, 4) is 0 Å². The number of aromatic nitrogens is 1. The van der Waals surface area contributed by atoms with Crippen molar-refractivity contribution < 1.29 is 4.74 Å². The topological polar surface area (TPSA) is 40.6 Å². The van der Waals surface area contributed by atoms with Crippen LogP contribution in [0.4, 0.5) is 5.69 Å². The van der Waals surface area contributed by atoms with Crippen LogP contribution in [0.15, 0.2) is 36.5 Å². The molecule has 2 saturated heterocycles. The number of pyridine rings is 1. The zero-order chi connectivity index (χ0) is 16.4. The van der Waals surface area contributed by atoms with E-state index in [1.165, 1.54) is 11.1 Å². The quantitative estimate of drug-likeness (QED) is 0.930.